The molecule has 1 saturated carbocycles. The summed E-state index contributed by atoms with van der Waals surface area (Å²) in [4.78, 5) is 0. The molecule has 0 saturated heterocycles. The smallest absolute Gasteiger partial charge is 0.235 e. The molecule has 0 radical (unpaired) electrons. The van der Waals surface area contributed by atoms with Crippen LogP contribution in [0, 0.1) is 18.8 Å². The van der Waals surface area contributed by atoms with Gasteiger partial charge in [0.05, 0.1) is 10.9 Å². The van der Waals surface area contributed by atoms with Gasteiger partial charge in [0.15, 0.2) is 0 Å². The lowest BCUT2D eigenvalue weighted by atomic mass is 10.0. The molecule has 4 nitrogen and oxygen atoms in total. The number of anilines is 1. The molecule has 21 heavy (non-hydrogen) atoms. The second-order valence-corrected chi connectivity index (χ2v) is 7.38. The third-order valence-electron chi connectivity index (χ3n) is 3.72. The second-order valence-electron chi connectivity index (χ2n) is 5.42. The van der Waals surface area contributed by atoms with Gasteiger partial charge in [-0.3, -0.25) is 4.72 Å². The number of hydrogen-bond acceptors (Lipinski definition) is 3. The van der Waals surface area contributed by atoms with Crippen LogP contribution >= 0.6 is 0 Å². The zero-order chi connectivity index (χ0) is 15.3. The highest BCUT2D eigenvalue weighted by atomic mass is 32.2. The lowest BCUT2D eigenvalue weighted by molar-refractivity contribution is 0.350. The Balaban J connectivity index is 2.27. The first-order chi connectivity index (χ1) is 10.0. The van der Waals surface area contributed by atoms with Crippen LogP contribution in [0.3, 0.4) is 0 Å². The van der Waals surface area contributed by atoms with Crippen molar-refractivity contribution in [2.45, 2.75) is 44.3 Å². The molecule has 2 rings (SSSR count). The van der Waals surface area contributed by atoms with Crippen LogP contribution in [0.5, 0.6) is 0 Å². The number of aryl methyl sites for hydroxylation is 1. The molecule has 0 amide bonds. The maximum absolute atomic E-state index is 12.5. The largest absolute Gasteiger partial charge is 0.384 e. The zero-order valence-electron chi connectivity index (χ0n) is 12.2. The molecule has 0 bridgehead atoms. The van der Waals surface area contributed by atoms with Gasteiger partial charge in [-0.15, -0.1) is 0 Å². The lowest BCUT2D eigenvalue weighted by Crippen LogP contribution is -2.30. The minimum absolute atomic E-state index is 0.247. The highest BCUT2D eigenvalue weighted by Crippen LogP contribution is 2.26. The number of aliphatic hydroxyl groups excluding tert-OH is 1. The summed E-state index contributed by atoms with van der Waals surface area (Å²) in [5.41, 5.74) is 2.06. The number of sulfonamides is 1. The molecule has 1 fully saturated rings. The summed E-state index contributed by atoms with van der Waals surface area (Å²) in [5.74, 6) is 5.35. The third kappa shape index (κ3) is 4.23. The fourth-order valence-corrected chi connectivity index (χ4v) is 4.19. The van der Waals surface area contributed by atoms with E-state index in [-0.39, 0.29) is 11.9 Å². The number of nitrogens with one attached hydrogen (secondary N) is 1. The molecule has 1 aliphatic rings. The van der Waals surface area contributed by atoms with Gasteiger partial charge in [0.25, 0.3) is 0 Å². The maximum Gasteiger partial charge on any atom is 0.235 e. The van der Waals surface area contributed by atoms with Gasteiger partial charge in [0.1, 0.15) is 6.61 Å². The van der Waals surface area contributed by atoms with Crippen LogP contribution in [0.2, 0.25) is 0 Å². The van der Waals surface area contributed by atoms with E-state index < -0.39 is 10.0 Å². The van der Waals surface area contributed by atoms with Crippen LogP contribution in [0.25, 0.3) is 0 Å². The first kappa shape index (κ1) is 15.9. The number of rotatable bonds is 3. The van der Waals surface area contributed by atoms with Gasteiger partial charge in [-0.2, -0.15) is 0 Å². The summed E-state index contributed by atoms with van der Waals surface area (Å²) in [6.07, 6.45) is 4.49. The molecule has 0 unspecified atom stereocenters. The minimum Gasteiger partial charge on any atom is -0.384 e. The molecule has 0 heterocycles. The maximum atomic E-state index is 12.5. The first-order valence-corrected chi connectivity index (χ1v) is 8.79. The molecule has 0 spiro atoms. The molecular weight excluding hydrogens is 286 g/mol. The van der Waals surface area contributed by atoms with Crippen molar-refractivity contribution in [2.24, 2.45) is 0 Å². The van der Waals surface area contributed by atoms with Crippen LogP contribution < -0.4 is 4.72 Å². The fraction of sp³-hybridized carbons (Fsp3) is 0.500. The van der Waals surface area contributed by atoms with E-state index in [1.54, 1.807) is 12.1 Å². The van der Waals surface area contributed by atoms with E-state index in [0.717, 1.165) is 37.7 Å². The van der Waals surface area contributed by atoms with E-state index in [9.17, 15) is 8.42 Å². The molecule has 0 aliphatic heterocycles. The van der Waals surface area contributed by atoms with Crippen LogP contribution in [0.1, 0.15) is 43.2 Å². The van der Waals surface area contributed by atoms with Gasteiger partial charge in [-0.25, -0.2) is 8.42 Å². The Bertz CT molecular complexity index is 650. The van der Waals surface area contributed by atoms with Gasteiger partial charge in [-0.1, -0.05) is 37.2 Å². The third-order valence-corrected chi connectivity index (χ3v) is 5.57. The van der Waals surface area contributed by atoms with Gasteiger partial charge in [0.2, 0.25) is 10.0 Å². The Morgan fingerprint density at radius 3 is 2.67 bits per heavy atom. The van der Waals surface area contributed by atoms with Crippen molar-refractivity contribution in [2.75, 3.05) is 11.3 Å². The van der Waals surface area contributed by atoms with Crippen LogP contribution in [-0.2, 0) is 10.0 Å². The normalized spacial score (nSPS) is 16.1. The van der Waals surface area contributed by atoms with Crippen LogP contribution in [-0.4, -0.2) is 25.4 Å². The molecule has 1 aromatic rings. The number of hydrogen-bond donors (Lipinski definition) is 2. The summed E-state index contributed by atoms with van der Waals surface area (Å²) in [6.45, 7) is 1.66. The summed E-state index contributed by atoms with van der Waals surface area (Å²) in [7, 11) is -3.38. The van der Waals surface area contributed by atoms with Crippen molar-refractivity contribution < 1.29 is 13.5 Å². The Morgan fingerprint density at radius 1 is 1.29 bits per heavy atom. The average Bonchev–Trinajstić information content (AvgIpc) is 2.47. The highest BCUT2D eigenvalue weighted by molar-refractivity contribution is 7.93. The monoisotopic (exact) mass is 307 g/mol. The van der Waals surface area contributed by atoms with Gasteiger partial charge in [-0.05, 0) is 37.5 Å². The second kappa shape index (κ2) is 6.97. The van der Waals surface area contributed by atoms with Crippen molar-refractivity contribution in [3.05, 3.63) is 29.3 Å². The Kier molecular flexibility index (Phi) is 5.27. The minimum atomic E-state index is -3.38. The van der Waals surface area contributed by atoms with Crippen LogP contribution in [0.15, 0.2) is 18.2 Å². The van der Waals surface area contributed by atoms with Crippen molar-refractivity contribution in [1.29, 1.82) is 0 Å². The molecule has 114 valence electrons. The fourth-order valence-electron chi connectivity index (χ4n) is 2.60. The van der Waals surface area contributed by atoms with Crippen molar-refractivity contribution >= 4 is 15.7 Å². The Morgan fingerprint density at radius 2 is 2.00 bits per heavy atom. The van der Waals surface area contributed by atoms with Crippen molar-refractivity contribution in [3.63, 3.8) is 0 Å². The highest BCUT2D eigenvalue weighted by Gasteiger charge is 2.27. The van der Waals surface area contributed by atoms with E-state index in [4.69, 9.17) is 5.11 Å². The molecule has 1 aromatic carbocycles. The molecular formula is C16H21NO3S. The topological polar surface area (TPSA) is 66.4 Å². The van der Waals surface area contributed by atoms with E-state index in [2.05, 4.69) is 16.6 Å². The van der Waals surface area contributed by atoms with Gasteiger partial charge < -0.3 is 5.11 Å². The van der Waals surface area contributed by atoms with E-state index in [1.807, 2.05) is 13.0 Å². The molecule has 5 heteroatoms. The summed E-state index contributed by atoms with van der Waals surface area (Å²) < 4.78 is 27.7. The zero-order valence-corrected chi connectivity index (χ0v) is 13.0. The predicted molar refractivity (Wildman–Crippen MR) is 84.6 cm³/mol. The average molecular weight is 307 g/mol. The number of aliphatic hydroxyl groups is 1. The predicted octanol–water partition coefficient (Wildman–Crippen LogP) is 2.41. The first-order valence-electron chi connectivity index (χ1n) is 7.25. The molecule has 0 atom stereocenters. The van der Waals surface area contributed by atoms with E-state index in [1.165, 1.54) is 0 Å². The summed E-state index contributed by atoms with van der Waals surface area (Å²) in [6, 6.07) is 5.43. The molecule has 0 aromatic heterocycles. The van der Waals surface area contributed by atoms with Gasteiger partial charge in [0, 0.05) is 5.56 Å². The van der Waals surface area contributed by atoms with Gasteiger partial charge >= 0.3 is 0 Å². The quantitative estimate of drug-likeness (QED) is 0.843. The summed E-state index contributed by atoms with van der Waals surface area (Å²) in [5, 5.41) is 8.48. The standard InChI is InChI=1S/C16H21NO3S/c1-13-9-10-14(6-5-11-18)16(12-13)17-21(19,20)15-7-3-2-4-8-15/h9-10,12,15,17-18H,2-4,7-8,11H2,1H3. The summed E-state index contributed by atoms with van der Waals surface area (Å²) >= 11 is 0. The van der Waals surface area contributed by atoms with E-state index >= 15 is 0 Å². The molecule has 1 aliphatic carbocycles. The van der Waals surface area contributed by atoms with Crippen molar-refractivity contribution in [3.8, 4) is 11.8 Å². The number of benzene rings is 1. The Labute approximate surface area is 126 Å². The Hall–Kier alpha value is -1.51. The molecule has 2 N–H and O–H groups in total. The van der Waals surface area contributed by atoms with E-state index in [0.29, 0.717) is 11.3 Å². The van der Waals surface area contributed by atoms with Crippen LogP contribution in [0.4, 0.5) is 5.69 Å². The lowest BCUT2D eigenvalue weighted by Gasteiger charge is -2.23. The van der Waals surface area contributed by atoms with Crippen molar-refractivity contribution in [1.82, 2.24) is 0 Å². The SMILES string of the molecule is Cc1ccc(C#CCO)c(NS(=O)(=O)C2CCCCC2)c1.